The summed E-state index contributed by atoms with van der Waals surface area (Å²) in [6.45, 7) is 3.30. The van der Waals surface area contributed by atoms with Crippen LogP contribution >= 0.6 is 0 Å². The number of carbonyl (C=O) groups excluding carboxylic acids is 2. The Balaban J connectivity index is 2.05. The number of aromatic amines is 1. The fraction of sp³-hybridized carbons (Fsp3) is 0.158. The number of nitrogen functional groups attached to an aromatic ring is 1. The average molecular weight is 337 g/mol. The van der Waals surface area contributed by atoms with E-state index in [1.807, 2.05) is 13.0 Å². The second-order valence-corrected chi connectivity index (χ2v) is 5.82. The van der Waals surface area contributed by atoms with Crippen LogP contribution in [0.25, 0.3) is 10.9 Å². The number of aryl methyl sites for hydroxylation is 1. The van der Waals surface area contributed by atoms with Crippen molar-refractivity contribution < 1.29 is 14.3 Å². The molecule has 128 valence electrons. The number of para-hydroxylation sites is 2. The van der Waals surface area contributed by atoms with Gasteiger partial charge in [0.1, 0.15) is 5.75 Å². The normalized spacial score (nSPS) is 10.7. The highest BCUT2D eigenvalue weighted by molar-refractivity contribution is 6.14. The van der Waals surface area contributed by atoms with Gasteiger partial charge in [0.15, 0.2) is 5.78 Å². The molecule has 3 aromatic rings. The molecule has 0 saturated carbocycles. The van der Waals surface area contributed by atoms with E-state index in [1.165, 1.54) is 14.0 Å². The Bertz CT molecular complexity index is 989. The summed E-state index contributed by atoms with van der Waals surface area (Å²) >= 11 is 0. The highest BCUT2D eigenvalue weighted by Crippen LogP contribution is 2.30. The Labute approximate surface area is 145 Å². The molecule has 0 saturated heterocycles. The number of benzene rings is 2. The van der Waals surface area contributed by atoms with E-state index >= 15 is 0 Å². The molecule has 0 aliphatic carbocycles. The molecule has 0 unspecified atom stereocenters. The van der Waals surface area contributed by atoms with Crippen molar-refractivity contribution in [3.63, 3.8) is 0 Å². The van der Waals surface area contributed by atoms with Gasteiger partial charge in [-0.15, -0.1) is 0 Å². The molecule has 0 aliphatic heterocycles. The fourth-order valence-electron chi connectivity index (χ4n) is 2.98. The van der Waals surface area contributed by atoms with Crippen molar-refractivity contribution in [1.29, 1.82) is 0 Å². The third kappa shape index (κ3) is 2.94. The number of nitrogens with one attached hydrogen (secondary N) is 2. The maximum atomic E-state index is 12.6. The summed E-state index contributed by atoms with van der Waals surface area (Å²) in [6, 6.07) is 10.4. The molecule has 25 heavy (non-hydrogen) atoms. The van der Waals surface area contributed by atoms with E-state index in [1.54, 1.807) is 30.3 Å². The Morgan fingerprint density at radius 1 is 1.20 bits per heavy atom. The van der Waals surface area contributed by atoms with Crippen LogP contribution < -0.4 is 15.8 Å². The first-order chi connectivity index (χ1) is 11.9. The van der Waals surface area contributed by atoms with Crippen molar-refractivity contribution in [2.45, 2.75) is 13.8 Å². The van der Waals surface area contributed by atoms with Crippen molar-refractivity contribution in [3.05, 3.63) is 53.2 Å². The van der Waals surface area contributed by atoms with E-state index < -0.39 is 0 Å². The molecule has 0 aliphatic rings. The monoisotopic (exact) mass is 337 g/mol. The number of carbonyl (C=O) groups is 2. The molecule has 1 aromatic heterocycles. The maximum Gasteiger partial charge on any atom is 0.255 e. The third-order valence-corrected chi connectivity index (χ3v) is 4.10. The minimum atomic E-state index is -0.327. The molecule has 0 spiro atoms. The number of fused-ring (bicyclic) bond motifs is 1. The van der Waals surface area contributed by atoms with Gasteiger partial charge < -0.3 is 20.8 Å². The summed E-state index contributed by atoms with van der Waals surface area (Å²) in [7, 11) is 1.54. The molecule has 6 heteroatoms. The van der Waals surface area contributed by atoms with Crippen LogP contribution in [0, 0.1) is 6.92 Å². The Morgan fingerprint density at radius 2 is 1.92 bits per heavy atom. The van der Waals surface area contributed by atoms with Crippen LogP contribution in [0.1, 0.15) is 33.3 Å². The van der Waals surface area contributed by atoms with Crippen LogP contribution in [0.3, 0.4) is 0 Å². The largest absolute Gasteiger partial charge is 0.495 e. The second kappa shape index (κ2) is 6.32. The van der Waals surface area contributed by atoms with Gasteiger partial charge in [-0.25, -0.2) is 0 Å². The summed E-state index contributed by atoms with van der Waals surface area (Å²) in [6.07, 6.45) is 0. The Morgan fingerprint density at radius 3 is 2.60 bits per heavy atom. The Kier molecular flexibility index (Phi) is 4.19. The van der Waals surface area contributed by atoms with Gasteiger partial charge in [0.25, 0.3) is 5.91 Å². The smallest absolute Gasteiger partial charge is 0.255 e. The number of rotatable bonds is 4. The van der Waals surface area contributed by atoms with Crippen molar-refractivity contribution in [1.82, 2.24) is 4.98 Å². The first-order valence-electron chi connectivity index (χ1n) is 7.79. The highest BCUT2D eigenvalue weighted by atomic mass is 16.5. The number of hydrogen-bond acceptors (Lipinski definition) is 4. The molecular weight excluding hydrogens is 318 g/mol. The van der Waals surface area contributed by atoms with Crippen molar-refractivity contribution in [3.8, 4) is 5.75 Å². The third-order valence-electron chi connectivity index (χ3n) is 4.10. The number of Topliss-reactive ketones (excluding diaryl/α,β-unsaturated/α-hetero) is 1. The van der Waals surface area contributed by atoms with E-state index in [9.17, 15) is 9.59 Å². The predicted molar refractivity (Wildman–Crippen MR) is 98.4 cm³/mol. The zero-order valence-corrected chi connectivity index (χ0v) is 14.3. The number of nitrogens with two attached hydrogens (primary N) is 1. The molecular formula is C19H19N3O3. The van der Waals surface area contributed by atoms with Gasteiger partial charge in [0.2, 0.25) is 0 Å². The predicted octanol–water partition coefficient (Wildman–Crippen LogP) is 3.52. The van der Waals surface area contributed by atoms with Crippen LogP contribution in [-0.4, -0.2) is 23.8 Å². The minimum absolute atomic E-state index is 0.0783. The van der Waals surface area contributed by atoms with E-state index in [-0.39, 0.29) is 11.7 Å². The van der Waals surface area contributed by atoms with Gasteiger partial charge in [-0.1, -0.05) is 12.1 Å². The highest BCUT2D eigenvalue weighted by Gasteiger charge is 2.18. The van der Waals surface area contributed by atoms with Crippen molar-refractivity contribution in [2.75, 3.05) is 18.2 Å². The number of H-pyrrole nitrogens is 1. The van der Waals surface area contributed by atoms with Gasteiger partial charge in [0.05, 0.1) is 24.0 Å². The minimum Gasteiger partial charge on any atom is -0.495 e. The van der Waals surface area contributed by atoms with E-state index in [2.05, 4.69) is 10.3 Å². The zero-order chi connectivity index (χ0) is 18.1. The Hall–Kier alpha value is -3.28. The molecule has 6 nitrogen and oxygen atoms in total. The van der Waals surface area contributed by atoms with Crippen LogP contribution in [0.4, 0.5) is 11.4 Å². The lowest BCUT2D eigenvalue weighted by molar-refractivity contribution is 0.101. The molecule has 0 bridgehead atoms. The molecule has 3 rings (SSSR count). The van der Waals surface area contributed by atoms with Crippen molar-refractivity contribution >= 4 is 34.0 Å². The summed E-state index contributed by atoms with van der Waals surface area (Å²) < 4.78 is 5.24. The van der Waals surface area contributed by atoms with Gasteiger partial charge >= 0.3 is 0 Å². The lowest BCUT2D eigenvalue weighted by Gasteiger charge is -2.10. The van der Waals surface area contributed by atoms with Crippen LogP contribution in [0.2, 0.25) is 0 Å². The lowest BCUT2D eigenvalue weighted by Crippen LogP contribution is -2.13. The number of methoxy groups -OCH3 is 1. The van der Waals surface area contributed by atoms with Crippen LogP contribution in [-0.2, 0) is 0 Å². The summed E-state index contributed by atoms with van der Waals surface area (Å²) in [5.74, 6) is 0.156. The number of amides is 1. The SMILES string of the molecule is COc1ccccc1NC(=O)c1cc(N)c2[nH]c(C)c(C(C)=O)c2c1. The summed E-state index contributed by atoms with van der Waals surface area (Å²) in [4.78, 5) is 27.7. The van der Waals surface area contributed by atoms with Gasteiger partial charge in [-0.05, 0) is 38.1 Å². The average Bonchev–Trinajstić information content (AvgIpc) is 2.92. The van der Waals surface area contributed by atoms with E-state index in [0.29, 0.717) is 39.2 Å². The second-order valence-electron chi connectivity index (χ2n) is 5.82. The molecule has 4 N–H and O–H groups in total. The number of aromatic nitrogens is 1. The maximum absolute atomic E-state index is 12.6. The first-order valence-corrected chi connectivity index (χ1v) is 7.79. The van der Waals surface area contributed by atoms with Gasteiger partial charge in [-0.2, -0.15) is 0 Å². The van der Waals surface area contributed by atoms with E-state index in [0.717, 1.165) is 5.69 Å². The lowest BCUT2D eigenvalue weighted by atomic mass is 10.0. The van der Waals surface area contributed by atoms with Gasteiger partial charge in [-0.3, -0.25) is 9.59 Å². The molecule has 1 heterocycles. The molecule has 0 fully saturated rings. The first kappa shape index (κ1) is 16.6. The van der Waals surface area contributed by atoms with E-state index in [4.69, 9.17) is 10.5 Å². The zero-order valence-electron chi connectivity index (χ0n) is 14.3. The standard InChI is InChI=1S/C19H19N3O3/c1-10-17(11(2)23)13-8-12(9-14(20)18(13)21-10)19(24)22-15-6-4-5-7-16(15)25-3/h4-9,21H,20H2,1-3H3,(H,22,24). The number of hydrogen-bond donors (Lipinski definition) is 3. The fourth-order valence-corrected chi connectivity index (χ4v) is 2.98. The molecule has 0 radical (unpaired) electrons. The molecule has 1 amide bonds. The van der Waals surface area contributed by atoms with Crippen LogP contribution in [0.5, 0.6) is 5.75 Å². The molecule has 2 aromatic carbocycles. The van der Waals surface area contributed by atoms with Crippen molar-refractivity contribution in [2.24, 2.45) is 0 Å². The molecule has 0 atom stereocenters. The summed E-state index contributed by atoms with van der Waals surface area (Å²) in [5.41, 5.74) is 9.37. The summed E-state index contributed by atoms with van der Waals surface area (Å²) in [5, 5.41) is 3.46. The van der Waals surface area contributed by atoms with Crippen LogP contribution in [0.15, 0.2) is 36.4 Å². The quantitative estimate of drug-likeness (QED) is 0.501. The number of ether oxygens (including phenoxy) is 1. The number of anilines is 2. The topological polar surface area (TPSA) is 97.2 Å². The number of ketones is 1. The van der Waals surface area contributed by atoms with Gasteiger partial charge in [0, 0.05) is 22.2 Å².